The van der Waals surface area contributed by atoms with Crippen LogP contribution < -0.4 is 0 Å². The Kier molecular flexibility index (Phi) is 3.96. The molecule has 1 heterocycles. The monoisotopic (exact) mass is 420 g/mol. The van der Waals surface area contributed by atoms with Crippen LogP contribution >= 0.6 is 0 Å². The lowest BCUT2D eigenvalue weighted by Gasteiger charge is -2.16. The maximum atomic E-state index is 8.35. The van der Waals surface area contributed by atoms with E-state index in [1.165, 1.54) is 11.1 Å². The van der Waals surface area contributed by atoms with Gasteiger partial charge in [-0.3, -0.25) is 4.98 Å². The average Bonchev–Trinajstić information content (AvgIpc) is 2.90. The van der Waals surface area contributed by atoms with Gasteiger partial charge in [-0.1, -0.05) is 88.2 Å². The third-order valence-corrected chi connectivity index (χ3v) is 6.13. The normalized spacial score (nSPS) is 13.9. The van der Waals surface area contributed by atoms with E-state index in [1.54, 1.807) is 0 Å². The van der Waals surface area contributed by atoms with Crippen molar-refractivity contribution < 1.29 is 6.85 Å². The van der Waals surface area contributed by atoms with Gasteiger partial charge in [0.25, 0.3) is 0 Å². The summed E-state index contributed by atoms with van der Waals surface area (Å²) in [6, 6.07) is 17.2. The number of hydrogen-bond donors (Lipinski definition) is 0. The summed E-state index contributed by atoms with van der Waals surface area (Å²) >= 11 is 0. The number of pyridine rings is 1. The topological polar surface area (TPSA) is 12.9 Å². The molecule has 0 aliphatic heterocycles. The van der Waals surface area contributed by atoms with Crippen molar-refractivity contribution in [3.63, 3.8) is 0 Å². The first kappa shape index (κ1) is 15.4. The van der Waals surface area contributed by atoms with Crippen LogP contribution in [0.1, 0.15) is 57.5 Å². The van der Waals surface area contributed by atoms with E-state index >= 15 is 0 Å². The lowest BCUT2D eigenvalue weighted by atomic mass is 9.90. The van der Waals surface area contributed by atoms with Gasteiger partial charge in [0.2, 0.25) is 0 Å². The van der Waals surface area contributed by atoms with Crippen LogP contribution in [-0.4, -0.2) is 4.98 Å². The lowest BCUT2D eigenvalue weighted by Crippen LogP contribution is -1.96. The molecule has 0 N–H and O–H groups in total. The van der Waals surface area contributed by atoms with Crippen molar-refractivity contribution in [1.29, 1.82) is 0 Å². The second-order valence-corrected chi connectivity index (χ2v) is 8.95. The fourth-order valence-corrected chi connectivity index (χ4v) is 4.26. The summed E-state index contributed by atoms with van der Waals surface area (Å²) in [6.45, 7) is 8.83. The van der Waals surface area contributed by atoms with Crippen molar-refractivity contribution in [3.05, 3.63) is 102 Å². The molecule has 1 heteroatoms. The molecule has 0 unspecified atom stereocenters. The van der Waals surface area contributed by atoms with Crippen molar-refractivity contribution in [1.82, 2.24) is 4.98 Å². The highest BCUT2D eigenvalue weighted by Gasteiger charge is 2.13. The summed E-state index contributed by atoms with van der Waals surface area (Å²) in [7, 11) is 0. The zero-order chi connectivity index (χ0) is 26.6. The maximum Gasteiger partial charge on any atom is 0.0780 e. The minimum atomic E-state index is -0.382. The highest BCUT2D eigenvalue weighted by Crippen LogP contribution is 2.35. The van der Waals surface area contributed by atoms with E-state index in [1.807, 2.05) is 36.5 Å². The molecule has 158 valence electrons. The smallest absolute Gasteiger partial charge is 0.0780 e. The SMILES string of the molecule is [2H]c1c([2H])c([2H])c(-c2ccc3c(ccc4c(-c5cc(C(C)C)cc(C(C)C)c5)nccc43)c2)c([2H])c1[2H]. The van der Waals surface area contributed by atoms with Gasteiger partial charge in [0, 0.05) is 17.1 Å². The molecule has 0 saturated heterocycles. The summed E-state index contributed by atoms with van der Waals surface area (Å²) in [5.41, 5.74) is 5.46. The molecule has 1 nitrogen and oxygen atoms in total. The molecule has 0 aliphatic rings. The van der Waals surface area contributed by atoms with Crippen LogP contribution in [0.15, 0.2) is 91.0 Å². The Balaban J connectivity index is 1.71. The van der Waals surface area contributed by atoms with Crippen molar-refractivity contribution in [2.45, 2.75) is 39.5 Å². The van der Waals surface area contributed by atoms with Crippen molar-refractivity contribution in [2.24, 2.45) is 0 Å². The number of fused-ring (bicyclic) bond motifs is 3. The molecule has 32 heavy (non-hydrogen) atoms. The second kappa shape index (κ2) is 8.24. The van der Waals surface area contributed by atoms with Crippen molar-refractivity contribution in [3.8, 4) is 22.4 Å². The van der Waals surface area contributed by atoms with E-state index in [2.05, 4.69) is 52.0 Å². The highest BCUT2D eigenvalue weighted by atomic mass is 14.7. The van der Waals surface area contributed by atoms with E-state index in [0.717, 1.165) is 32.8 Å². The number of nitrogens with zero attached hydrogens (tertiary/aromatic N) is 1. The van der Waals surface area contributed by atoms with Gasteiger partial charge >= 0.3 is 0 Å². The summed E-state index contributed by atoms with van der Waals surface area (Å²) in [6.07, 6.45) is 1.84. The van der Waals surface area contributed by atoms with Gasteiger partial charge < -0.3 is 0 Å². The minimum absolute atomic E-state index is 0.191. The van der Waals surface area contributed by atoms with Gasteiger partial charge in [-0.2, -0.15) is 0 Å². The highest BCUT2D eigenvalue weighted by molar-refractivity contribution is 6.11. The molecular weight excluding hydrogens is 386 g/mol. The first-order valence-electron chi connectivity index (χ1n) is 13.6. The predicted molar refractivity (Wildman–Crippen MR) is 138 cm³/mol. The van der Waals surface area contributed by atoms with E-state index in [9.17, 15) is 0 Å². The van der Waals surface area contributed by atoms with Crippen LogP contribution in [-0.2, 0) is 0 Å². The molecule has 0 amide bonds. The number of hydrogen-bond acceptors (Lipinski definition) is 1. The van der Waals surface area contributed by atoms with Crippen molar-refractivity contribution in [2.75, 3.05) is 0 Å². The van der Waals surface area contributed by atoms with E-state index in [4.69, 9.17) is 11.8 Å². The average molecular weight is 421 g/mol. The number of aromatic nitrogens is 1. The zero-order valence-electron chi connectivity index (χ0n) is 23.9. The maximum absolute atomic E-state index is 8.35. The third-order valence-electron chi connectivity index (χ3n) is 6.13. The quantitative estimate of drug-likeness (QED) is 0.264. The fourth-order valence-electron chi connectivity index (χ4n) is 4.26. The van der Waals surface area contributed by atoms with Crippen LogP contribution in [0.3, 0.4) is 0 Å². The Morgan fingerprint density at radius 3 is 2.00 bits per heavy atom. The molecule has 1 aromatic heterocycles. The van der Waals surface area contributed by atoms with Gasteiger partial charge in [-0.05, 0) is 74.5 Å². The van der Waals surface area contributed by atoms with Gasteiger partial charge in [0.05, 0.1) is 12.5 Å². The second-order valence-electron chi connectivity index (χ2n) is 8.95. The van der Waals surface area contributed by atoms with Gasteiger partial charge in [-0.15, -0.1) is 0 Å². The van der Waals surface area contributed by atoms with E-state index in [-0.39, 0.29) is 35.8 Å². The molecule has 0 aliphatic carbocycles. The van der Waals surface area contributed by atoms with E-state index < -0.39 is 0 Å². The Labute approximate surface area is 197 Å². The molecule has 0 bridgehead atoms. The Morgan fingerprint density at radius 2 is 1.31 bits per heavy atom. The van der Waals surface area contributed by atoms with Crippen molar-refractivity contribution >= 4 is 21.5 Å². The van der Waals surface area contributed by atoms with Gasteiger partial charge in [-0.25, -0.2) is 0 Å². The molecule has 0 atom stereocenters. The summed E-state index contributed by atoms with van der Waals surface area (Å²) in [5, 5.41) is 4.09. The number of rotatable bonds is 4. The summed E-state index contributed by atoms with van der Waals surface area (Å²) in [4.78, 5) is 4.79. The summed E-state index contributed by atoms with van der Waals surface area (Å²) in [5.74, 6) is 0.821. The molecule has 0 radical (unpaired) electrons. The first-order chi connectivity index (χ1) is 17.6. The molecule has 4 aromatic carbocycles. The van der Waals surface area contributed by atoms with Crippen LogP contribution in [0.2, 0.25) is 0 Å². The summed E-state index contributed by atoms with van der Waals surface area (Å²) < 4.78 is 40.6. The van der Waals surface area contributed by atoms with Gasteiger partial charge in [0.1, 0.15) is 0 Å². The van der Waals surface area contributed by atoms with Crippen LogP contribution in [0.5, 0.6) is 0 Å². The Bertz CT molecular complexity index is 1630. The molecule has 0 spiro atoms. The van der Waals surface area contributed by atoms with Crippen LogP contribution in [0.25, 0.3) is 43.9 Å². The third kappa shape index (κ3) is 3.69. The number of benzene rings is 4. The molecule has 5 aromatic rings. The predicted octanol–water partition coefficient (Wildman–Crippen LogP) is 8.97. The molecular formula is C31H29N. The lowest BCUT2D eigenvalue weighted by molar-refractivity contribution is 0.834. The fraction of sp³-hybridized carbons (Fsp3) is 0.194. The Hall–Kier alpha value is -3.45. The van der Waals surface area contributed by atoms with Crippen LogP contribution in [0.4, 0.5) is 0 Å². The minimum Gasteiger partial charge on any atom is -0.256 e. The zero-order valence-corrected chi connectivity index (χ0v) is 18.9. The first-order valence-corrected chi connectivity index (χ1v) is 11.1. The standard InChI is InChI=1S/C31H29N/c1-20(2)25-17-26(21(3)4)19-27(18-25)31-30-13-11-24-16-23(22-8-6-5-7-9-22)10-12-28(24)29(30)14-15-32-31/h5-21H,1-4H3/i5D,6D,7D,8D,9D. The van der Waals surface area contributed by atoms with Gasteiger partial charge in [0.15, 0.2) is 0 Å². The Morgan fingerprint density at radius 1 is 0.625 bits per heavy atom. The molecule has 5 rings (SSSR count). The largest absolute Gasteiger partial charge is 0.256 e. The van der Waals surface area contributed by atoms with Crippen LogP contribution in [0, 0.1) is 0 Å². The molecule has 0 saturated carbocycles. The molecule has 0 fully saturated rings. The van der Waals surface area contributed by atoms with E-state index in [0.29, 0.717) is 17.4 Å².